The molecule has 2 heterocycles. The number of nitrogens with zero attached hydrogens (tertiary/aromatic N) is 4. The molecule has 0 saturated heterocycles. The lowest BCUT2D eigenvalue weighted by Crippen LogP contribution is -1.86. The van der Waals surface area contributed by atoms with Gasteiger partial charge in [0.2, 0.25) is 5.65 Å². The van der Waals surface area contributed by atoms with E-state index in [1.165, 1.54) is 11.9 Å². The van der Waals surface area contributed by atoms with Crippen LogP contribution in [0.3, 0.4) is 0 Å². The Morgan fingerprint density at radius 1 is 1.40 bits per heavy atom. The van der Waals surface area contributed by atoms with Gasteiger partial charge < -0.3 is 0 Å². The second-order valence-corrected chi connectivity index (χ2v) is 4.28. The minimum Gasteiger partial charge on any atom is -0.227 e. The minimum atomic E-state index is 0.615. The fraction of sp³-hybridized carbons (Fsp3) is 0.333. The summed E-state index contributed by atoms with van der Waals surface area (Å²) >= 11 is 1.63. The lowest BCUT2D eigenvalue weighted by molar-refractivity contribution is 0.952. The molecule has 15 heavy (non-hydrogen) atoms. The third kappa shape index (κ3) is 2.33. The number of aromatic nitrogens is 5. The largest absolute Gasteiger partial charge is 0.227 e. The molecule has 0 aromatic carbocycles. The van der Waals surface area contributed by atoms with Crippen molar-refractivity contribution in [3.8, 4) is 0 Å². The summed E-state index contributed by atoms with van der Waals surface area (Å²) in [5.74, 6) is 0.890. The van der Waals surface area contributed by atoms with E-state index in [-0.39, 0.29) is 0 Å². The number of rotatable bonds is 3. The molecule has 6 heteroatoms. The molecule has 0 aliphatic carbocycles. The van der Waals surface area contributed by atoms with E-state index in [0.29, 0.717) is 5.65 Å². The maximum atomic E-state index is 4.18. The van der Waals surface area contributed by atoms with Crippen molar-refractivity contribution in [2.45, 2.75) is 18.9 Å². The van der Waals surface area contributed by atoms with Crippen molar-refractivity contribution >= 4 is 22.9 Å². The Balaban J connectivity index is 2.20. The van der Waals surface area contributed by atoms with Gasteiger partial charge in [0.15, 0.2) is 5.52 Å². The van der Waals surface area contributed by atoms with Crippen LogP contribution in [0, 0.1) is 0 Å². The normalized spacial score (nSPS) is 10.5. The summed E-state index contributed by atoms with van der Waals surface area (Å²) in [5, 5.41) is 11.3. The molecule has 0 spiro atoms. The Bertz CT molecular complexity index is 486. The van der Waals surface area contributed by atoms with Crippen molar-refractivity contribution in [3.63, 3.8) is 0 Å². The zero-order valence-electron chi connectivity index (χ0n) is 8.56. The summed E-state index contributed by atoms with van der Waals surface area (Å²) in [4.78, 5) is 8.18. The summed E-state index contributed by atoms with van der Waals surface area (Å²) in [7, 11) is 0. The van der Waals surface area contributed by atoms with Crippen LogP contribution < -0.4 is 0 Å². The second-order valence-electron chi connectivity index (χ2n) is 3.27. The van der Waals surface area contributed by atoms with E-state index in [2.05, 4.69) is 45.3 Å². The van der Waals surface area contributed by atoms with Gasteiger partial charge in [-0.05, 0) is 13.8 Å². The van der Waals surface area contributed by atoms with Gasteiger partial charge in [0.25, 0.3) is 0 Å². The highest BCUT2D eigenvalue weighted by molar-refractivity contribution is 7.99. The predicted octanol–water partition coefficient (Wildman–Crippen LogP) is 1.81. The monoisotopic (exact) mass is 221 g/mol. The van der Waals surface area contributed by atoms with Gasteiger partial charge in [-0.1, -0.05) is 23.4 Å². The first-order valence-corrected chi connectivity index (χ1v) is 5.53. The summed E-state index contributed by atoms with van der Waals surface area (Å²) in [6.45, 7) is 4.15. The van der Waals surface area contributed by atoms with E-state index in [1.807, 2.05) is 0 Å². The van der Waals surface area contributed by atoms with E-state index >= 15 is 0 Å². The summed E-state index contributed by atoms with van der Waals surface area (Å²) in [5.41, 5.74) is 2.65. The number of hydrogen-bond acceptors (Lipinski definition) is 5. The smallest absolute Gasteiger partial charge is 0.205 e. The molecule has 0 aliphatic heterocycles. The highest BCUT2D eigenvalue weighted by Gasteiger charge is 2.06. The lowest BCUT2D eigenvalue weighted by Gasteiger charge is -1.96. The number of aromatic amines is 1. The molecule has 1 N–H and O–H groups in total. The van der Waals surface area contributed by atoms with Crippen molar-refractivity contribution in [2.75, 3.05) is 5.75 Å². The van der Waals surface area contributed by atoms with Gasteiger partial charge in [0, 0.05) is 5.75 Å². The third-order valence-electron chi connectivity index (χ3n) is 1.80. The highest BCUT2D eigenvalue weighted by Crippen LogP contribution is 2.21. The van der Waals surface area contributed by atoms with E-state index in [1.54, 1.807) is 11.8 Å². The van der Waals surface area contributed by atoms with Crippen LogP contribution in [0.25, 0.3) is 11.2 Å². The molecule has 2 aromatic heterocycles. The van der Waals surface area contributed by atoms with E-state index < -0.39 is 0 Å². The van der Waals surface area contributed by atoms with Crippen LogP contribution in [-0.2, 0) is 0 Å². The summed E-state index contributed by atoms with van der Waals surface area (Å²) in [6.07, 6.45) is 3.66. The van der Waals surface area contributed by atoms with Gasteiger partial charge in [-0.15, -0.1) is 5.10 Å². The number of H-pyrrole nitrogens is 1. The zero-order chi connectivity index (χ0) is 10.7. The van der Waals surface area contributed by atoms with Crippen LogP contribution in [0.15, 0.2) is 23.0 Å². The van der Waals surface area contributed by atoms with Crippen LogP contribution in [0.5, 0.6) is 0 Å². The molecule has 78 valence electrons. The maximum absolute atomic E-state index is 4.18. The molecule has 0 atom stereocenters. The van der Waals surface area contributed by atoms with Gasteiger partial charge >= 0.3 is 0 Å². The van der Waals surface area contributed by atoms with Gasteiger partial charge in [0.1, 0.15) is 11.4 Å². The molecule has 2 rings (SSSR count). The quantitative estimate of drug-likeness (QED) is 0.486. The van der Waals surface area contributed by atoms with E-state index in [0.717, 1.165) is 16.3 Å². The fourth-order valence-corrected chi connectivity index (χ4v) is 2.02. The average Bonchev–Trinajstić information content (AvgIpc) is 2.65. The van der Waals surface area contributed by atoms with Gasteiger partial charge in [0.05, 0.1) is 0 Å². The Hall–Kier alpha value is -1.43. The number of allylic oxidation sites excluding steroid dienone is 1. The highest BCUT2D eigenvalue weighted by atomic mass is 32.2. The zero-order valence-corrected chi connectivity index (χ0v) is 9.38. The fourth-order valence-electron chi connectivity index (χ4n) is 1.05. The molecular weight excluding hydrogens is 210 g/mol. The Kier molecular flexibility index (Phi) is 2.96. The Morgan fingerprint density at radius 3 is 3.07 bits per heavy atom. The first kappa shape index (κ1) is 10.1. The lowest BCUT2D eigenvalue weighted by atomic mass is 10.3. The Morgan fingerprint density at radius 2 is 2.27 bits per heavy atom. The first-order valence-electron chi connectivity index (χ1n) is 4.55. The van der Waals surface area contributed by atoms with E-state index in [4.69, 9.17) is 0 Å². The molecule has 2 aromatic rings. The summed E-state index contributed by atoms with van der Waals surface area (Å²) in [6, 6.07) is 0. The SMILES string of the molecule is CC(C)=CCSc1ncnc2n[nH]nc12. The van der Waals surface area contributed by atoms with Crippen LogP contribution in [0.1, 0.15) is 13.8 Å². The van der Waals surface area contributed by atoms with Crippen molar-refractivity contribution in [1.82, 2.24) is 25.4 Å². The van der Waals surface area contributed by atoms with Crippen LogP contribution in [-0.4, -0.2) is 31.1 Å². The molecule has 0 amide bonds. The topological polar surface area (TPSA) is 67.3 Å². The third-order valence-corrected chi connectivity index (χ3v) is 2.70. The molecular formula is C9H11N5S. The predicted molar refractivity (Wildman–Crippen MR) is 59.6 cm³/mol. The Labute approximate surface area is 91.4 Å². The van der Waals surface area contributed by atoms with E-state index in [9.17, 15) is 0 Å². The maximum Gasteiger partial charge on any atom is 0.205 e. The van der Waals surface area contributed by atoms with Crippen LogP contribution in [0.2, 0.25) is 0 Å². The number of nitrogens with one attached hydrogen (secondary N) is 1. The second kappa shape index (κ2) is 4.39. The van der Waals surface area contributed by atoms with Gasteiger partial charge in [-0.2, -0.15) is 10.3 Å². The number of thioether (sulfide) groups is 1. The molecule has 0 bridgehead atoms. The number of fused-ring (bicyclic) bond motifs is 1. The van der Waals surface area contributed by atoms with Crippen molar-refractivity contribution < 1.29 is 0 Å². The standard InChI is InChI=1S/C9H11N5S/c1-6(2)3-4-15-9-7-8(10-5-11-9)13-14-12-7/h3,5H,4H2,1-2H3,(H,10,11,12,13,14). The molecule has 0 radical (unpaired) electrons. The molecule has 0 fully saturated rings. The summed E-state index contributed by atoms with van der Waals surface area (Å²) < 4.78 is 0. The molecule has 0 saturated carbocycles. The van der Waals surface area contributed by atoms with Gasteiger partial charge in [-0.3, -0.25) is 0 Å². The average molecular weight is 221 g/mol. The van der Waals surface area contributed by atoms with Gasteiger partial charge in [-0.25, -0.2) is 9.97 Å². The molecule has 5 nitrogen and oxygen atoms in total. The minimum absolute atomic E-state index is 0.615. The molecule has 0 unspecified atom stereocenters. The van der Waals surface area contributed by atoms with Crippen molar-refractivity contribution in [1.29, 1.82) is 0 Å². The van der Waals surface area contributed by atoms with Crippen molar-refractivity contribution in [3.05, 3.63) is 18.0 Å². The van der Waals surface area contributed by atoms with Crippen LogP contribution in [0.4, 0.5) is 0 Å². The number of hydrogen-bond donors (Lipinski definition) is 1. The molecule has 0 aliphatic rings. The van der Waals surface area contributed by atoms with Crippen molar-refractivity contribution in [2.24, 2.45) is 0 Å². The van der Waals surface area contributed by atoms with Crippen LogP contribution >= 0.6 is 11.8 Å². The first-order chi connectivity index (χ1) is 7.27.